The van der Waals surface area contributed by atoms with Crippen LogP contribution < -0.4 is 0 Å². The summed E-state index contributed by atoms with van der Waals surface area (Å²) < 4.78 is 0. The van der Waals surface area contributed by atoms with E-state index < -0.39 is 6.10 Å². The highest BCUT2D eigenvalue weighted by atomic mass is 16.3. The van der Waals surface area contributed by atoms with Crippen molar-refractivity contribution in [2.45, 2.75) is 32.3 Å². The summed E-state index contributed by atoms with van der Waals surface area (Å²) in [4.78, 5) is 2.22. The Labute approximate surface area is 110 Å². The second-order valence-corrected chi connectivity index (χ2v) is 4.63. The van der Waals surface area contributed by atoms with E-state index in [4.69, 9.17) is 5.11 Å². The van der Waals surface area contributed by atoms with Crippen molar-refractivity contribution < 1.29 is 10.2 Å². The van der Waals surface area contributed by atoms with Crippen molar-refractivity contribution >= 4 is 0 Å². The van der Waals surface area contributed by atoms with E-state index in [2.05, 4.69) is 11.8 Å². The van der Waals surface area contributed by atoms with E-state index >= 15 is 0 Å². The first-order valence-corrected chi connectivity index (χ1v) is 6.84. The fourth-order valence-corrected chi connectivity index (χ4v) is 2.01. The van der Waals surface area contributed by atoms with Crippen LogP contribution in [0.4, 0.5) is 0 Å². The molecule has 1 rings (SSSR count). The van der Waals surface area contributed by atoms with Crippen LogP contribution in [0.1, 0.15) is 37.9 Å². The van der Waals surface area contributed by atoms with Crippen molar-refractivity contribution in [1.29, 1.82) is 0 Å². The number of aliphatic hydroxyl groups is 2. The third kappa shape index (κ3) is 5.63. The van der Waals surface area contributed by atoms with Gasteiger partial charge in [-0.15, -0.1) is 0 Å². The van der Waals surface area contributed by atoms with Crippen LogP contribution in [0.15, 0.2) is 30.3 Å². The van der Waals surface area contributed by atoms with E-state index in [1.165, 1.54) is 0 Å². The number of rotatable bonds is 9. The normalized spacial score (nSPS) is 12.9. The molecule has 0 aliphatic rings. The molecule has 0 aromatic heterocycles. The maximum Gasteiger partial charge on any atom is 0.0802 e. The van der Waals surface area contributed by atoms with E-state index in [1.54, 1.807) is 0 Å². The Morgan fingerprint density at radius 3 is 2.44 bits per heavy atom. The molecule has 2 N–H and O–H groups in total. The highest BCUT2D eigenvalue weighted by Crippen LogP contribution is 2.16. The van der Waals surface area contributed by atoms with Crippen LogP contribution in [0.5, 0.6) is 0 Å². The Bertz CT molecular complexity index is 303. The molecule has 0 aliphatic heterocycles. The van der Waals surface area contributed by atoms with Gasteiger partial charge in [0.15, 0.2) is 0 Å². The van der Waals surface area contributed by atoms with Crippen molar-refractivity contribution in [2.24, 2.45) is 0 Å². The van der Waals surface area contributed by atoms with E-state index in [1.807, 2.05) is 30.3 Å². The molecule has 1 aromatic rings. The summed E-state index contributed by atoms with van der Waals surface area (Å²) in [6.07, 6.45) is 2.60. The maximum atomic E-state index is 10.1. The van der Waals surface area contributed by atoms with Crippen LogP contribution >= 0.6 is 0 Å². The van der Waals surface area contributed by atoms with Gasteiger partial charge in [-0.2, -0.15) is 0 Å². The average molecular weight is 251 g/mol. The van der Waals surface area contributed by atoms with Gasteiger partial charge in [0.1, 0.15) is 0 Å². The summed E-state index contributed by atoms with van der Waals surface area (Å²) in [5.74, 6) is 0. The Kier molecular flexibility index (Phi) is 7.65. The molecule has 0 heterocycles. The minimum Gasteiger partial charge on any atom is -0.395 e. The predicted molar refractivity (Wildman–Crippen MR) is 74.5 cm³/mol. The summed E-state index contributed by atoms with van der Waals surface area (Å²) in [5.41, 5.74) is 0.969. The summed E-state index contributed by atoms with van der Waals surface area (Å²) in [5, 5.41) is 19.1. The topological polar surface area (TPSA) is 43.7 Å². The minimum atomic E-state index is -0.408. The lowest BCUT2D eigenvalue weighted by atomic mass is 10.1. The Morgan fingerprint density at radius 2 is 1.83 bits per heavy atom. The highest BCUT2D eigenvalue weighted by molar-refractivity contribution is 5.17. The third-order valence-electron chi connectivity index (χ3n) is 3.15. The zero-order chi connectivity index (χ0) is 13.2. The molecule has 0 fully saturated rings. The van der Waals surface area contributed by atoms with Crippen LogP contribution in [0, 0.1) is 0 Å². The smallest absolute Gasteiger partial charge is 0.0802 e. The summed E-state index contributed by atoms with van der Waals surface area (Å²) in [6, 6.07) is 9.75. The molecule has 18 heavy (non-hydrogen) atoms. The monoisotopic (exact) mass is 251 g/mol. The molecule has 0 spiro atoms. The molecule has 102 valence electrons. The van der Waals surface area contributed by atoms with Crippen LogP contribution in [0.25, 0.3) is 0 Å². The van der Waals surface area contributed by atoms with Crippen molar-refractivity contribution in [2.75, 3.05) is 26.2 Å². The second kappa shape index (κ2) is 9.09. The lowest BCUT2D eigenvalue weighted by Crippen LogP contribution is -2.30. The van der Waals surface area contributed by atoms with E-state index in [-0.39, 0.29) is 6.61 Å². The van der Waals surface area contributed by atoms with Gasteiger partial charge < -0.3 is 15.1 Å². The van der Waals surface area contributed by atoms with E-state index in [0.717, 1.165) is 31.5 Å². The molecule has 1 atom stereocenters. The quantitative estimate of drug-likeness (QED) is 0.707. The molecule has 3 heteroatoms. The van der Waals surface area contributed by atoms with Gasteiger partial charge in [0, 0.05) is 13.1 Å². The molecule has 3 nitrogen and oxygen atoms in total. The first-order chi connectivity index (χ1) is 8.77. The van der Waals surface area contributed by atoms with Crippen molar-refractivity contribution in [1.82, 2.24) is 4.90 Å². The van der Waals surface area contributed by atoms with Crippen LogP contribution in [0.3, 0.4) is 0 Å². The van der Waals surface area contributed by atoms with Gasteiger partial charge in [-0.3, -0.25) is 0 Å². The predicted octanol–water partition coefficient (Wildman–Crippen LogP) is 2.20. The van der Waals surface area contributed by atoms with Gasteiger partial charge in [0.05, 0.1) is 12.7 Å². The molecule has 1 aromatic carbocycles. The van der Waals surface area contributed by atoms with E-state index in [0.29, 0.717) is 13.0 Å². The first kappa shape index (κ1) is 15.2. The van der Waals surface area contributed by atoms with Crippen molar-refractivity contribution in [3.8, 4) is 0 Å². The number of unbranched alkanes of at least 4 members (excludes halogenated alkanes) is 1. The Morgan fingerprint density at radius 1 is 1.11 bits per heavy atom. The van der Waals surface area contributed by atoms with Crippen LogP contribution in [-0.2, 0) is 0 Å². The molecule has 0 radical (unpaired) electrons. The average Bonchev–Trinajstić information content (AvgIpc) is 2.42. The number of hydrogen-bond acceptors (Lipinski definition) is 3. The van der Waals surface area contributed by atoms with Gasteiger partial charge in [-0.25, -0.2) is 0 Å². The lowest BCUT2D eigenvalue weighted by Gasteiger charge is -2.22. The van der Waals surface area contributed by atoms with Crippen LogP contribution in [0.2, 0.25) is 0 Å². The number of aliphatic hydroxyl groups excluding tert-OH is 2. The number of hydrogen-bond donors (Lipinski definition) is 2. The zero-order valence-corrected chi connectivity index (χ0v) is 11.3. The van der Waals surface area contributed by atoms with Gasteiger partial charge >= 0.3 is 0 Å². The SMILES string of the molecule is CCCCN(CCO)CCC(O)c1ccccc1. The molecule has 0 amide bonds. The van der Waals surface area contributed by atoms with Gasteiger partial charge in [0.25, 0.3) is 0 Å². The Hall–Kier alpha value is -0.900. The minimum absolute atomic E-state index is 0.186. The summed E-state index contributed by atoms with van der Waals surface area (Å²) in [7, 11) is 0. The number of benzene rings is 1. The number of nitrogens with zero attached hydrogens (tertiary/aromatic N) is 1. The fraction of sp³-hybridized carbons (Fsp3) is 0.600. The largest absolute Gasteiger partial charge is 0.395 e. The molecular weight excluding hydrogens is 226 g/mol. The lowest BCUT2D eigenvalue weighted by molar-refractivity contribution is 0.130. The van der Waals surface area contributed by atoms with Crippen molar-refractivity contribution in [3.05, 3.63) is 35.9 Å². The van der Waals surface area contributed by atoms with Gasteiger partial charge in [0.2, 0.25) is 0 Å². The molecular formula is C15H25NO2. The zero-order valence-electron chi connectivity index (χ0n) is 11.3. The Balaban J connectivity index is 2.36. The van der Waals surface area contributed by atoms with Gasteiger partial charge in [-0.05, 0) is 24.9 Å². The molecule has 0 saturated carbocycles. The summed E-state index contributed by atoms with van der Waals surface area (Å²) >= 11 is 0. The standard InChI is InChI=1S/C15H25NO2/c1-2-3-10-16(12-13-17)11-9-15(18)14-7-5-4-6-8-14/h4-8,15,17-18H,2-3,9-13H2,1H3. The summed E-state index contributed by atoms with van der Waals surface area (Å²) in [6.45, 7) is 4.87. The third-order valence-corrected chi connectivity index (χ3v) is 3.15. The van der Waals surface area contributed by atoms with Gasteiger partial charge in [-0.1, -0.05) is 43.7 Å². The maximum absolute atomic E-state index is 10.1. The fourth-order valence-electron chi connectivity index (χ4n) is 2.01. The molecule has 0 saturated heterocycles. The van der Waals surface area contributed by atoms with E-state index in [9.17, 15) is 5.11 Å². The molecule has 1 unspecified atom stereocenters. The second-order valence-electron chi connectivity index (χ2n) is 4.63. The highest BCUT2D eigenvalue weighted by Gasteiger charge is 2.10. The first-order valence-electron chi connectivity index (χ1n) is 6.84. The molecule has 0 aliphatic carbocycles. The van der Waals surface area contributed by atoms with Crippen molar-refractivity contribution in [3.63, 3.8) is 0 Å². The van der Waals surface area contributed by atoms with Crippen LogP contribution in [-0.4, -0.2) is 41.4 Å². The molecule has 0 bridgehead atoms.